The first-order valence-corrected chi connectivity index (χ1v) is 6.76. The SMILES string of the molecule is CCCCC(CC)CNC(=O)c1coc(CN)c1. The molecular formula is C14H24N2O2. The van der Waals surface area contributed by atoms with Crippen LogP contribution in [0.15, 0.2) is 16.7 Å². The Hall–Kier alpha value is -1.29. The van der Waals surface area contributed by atoms with E-state index in [1.165, 1.54) is 25.5 Å². The van der Waals surface area contributed by atoms with E-state index in [2.05, 4.69) is 19.2 Å². The topological polar surface area (TPSA) is 68.3 Å². The van der Waals surface area contributed by atoms with Crippen molar-refractivity contribution < 1.29 is 9.21 Å². The fourth-order valence-electron chi connectivity index (χ4n) is 1.89. The van der Waals surface area contributed by atoms with Gasteiger partial charge in [0.05, 0.1) is 12.1 Å². The van der Waals surface area contributed by atoms with Crippen molar-refractivity contribution in [2.45, 2.75) is 46.1 Å². The lowest BCUT2D eigenvalue weighted by Gasteiger charge is -2.14. The largest absolute Gasteiger partial charge is 0.467 e. The van der Waals surface area contributed by atoms with Crippen molar-refractivity contribution in [3.05, 3.63) is 23.7 Å². The second-order valence-corrected chi connectivity index (χ2v) is 4.63. The normalized spacial score (nSPS) is 12.4. The number of rotatable bonds is 8. The van der Waals surface area contributed by atoms with Gasteiger partial charge in [-0.25, -0.2) is 0 Å². The highest BCUT2D eigenvalue weighted by molar-refractivity contribution is 5.93. The van der Waals surface area contributed by atoms with Crippen LogP contribution in [0.2, 0.25) is 0 Å². The Bertz CT molecular complexity index is 360. The summed E-state index contributed by atoms with van der Waals surface area (Å²) in [5.74, 6) is 1.13. The average Bonchev–Trinajstić information content (AvgIpc) is 2.87. The summed E-state index contributed by atoms with van der Waals surface area (Å²) in [6.07, 6.45) is 6.15. The highest BCUT2D eigenvalue weighted by Gasteiger charge is 2.12. The number of hydrogen-bond acceptors (Lipinski definition) is 3. The van der Waals surface area contributed by atoms with Gasteiger partial charge in [-0.2, -0.15) is 0 Å². The Morgan fingerprint density at radius 1 is 1.50 bits per heavy atom. The molecule has 0 aliphatic heterocycles. The maximum absolute atomic E-state index is 11.9. The Morgan fingerprint density at radius 3 is 2.83 bits per heavy atom. The first-order chi connectivity index (χ1) is 8.71. The van der Waals surface area contributed by atoms with Gasteiger partial charge in [-0.05, 0) is 18.4 Å². The van der Waals surface area contributed by atoms with Gasteiger partial charge < -0.3 is 15.5 Å². The van der Waals surface area contributed by atoms with E-state index in [4.69, 9.17) is 10.2 Å². The molecule has 0 saturated carbocycles. The summed E-state index contributed by atoms with van der Waals surface area (Å²) in [6, 6.07) is 1.70. The van der Waals surface area contributed by atoms with E-state index in [0.717, 1.165) is 13.0 Å². The molecule has 1 aromatic rings. The highest BCUT2D eigenvalue weighted by atomic mass is 16.3. The van der Waals surface area contributed by atoms with Gasteiger partial charge in [-0.1, -0.05) is 33.1 Å². The predicted molar refractivity (Wildman–Crippen MR) is 72.2 cm³/mol. The van der Waals surface area contributed by atoms with Crippen LogP contribution in [0.3, 0.4) is 0 Å². The smallest absolute Gasteiger partial charge is 0.254 e. The molecule has 0 aliphatic rings. The van der Waals surface area contributed by atoms with E-state index >= 15 is 0 Å². The molecule has 4 heteroatoms. The van der Waals surface area contributed by atoms with Crippen LogP contribution in [0, 0.1) is 5.92 Å². The number of unbranched alkanes of at least 4 members (excludes halogenated alkanes) is 1. The molecule has 0 aliphatic carbocycles. The summed E-state index contributed by atoms with van der Waals surface area (Å²) in [5.41, 5.74) is 5.99. The number of nitrogens with one attached hydrogen (secondary N) is 1. The third-order valence-electron chi connectivity index (χ3n) is 3.21. The van der Waals surface area contributed by atoms with E-state index < -0.39 is 0 Å². The van der Waals surface area contributed by atoms with Crippen LogP contribution in [0.25, 0.3) is 0 Å². The average molecular weight is 252 g/mol. The molecule has 0 aromatic carbocycles. The number of amides is 1. The molecule has 1 heterocycles. The fourth-order valence-corrected chi connectivity index (χ4v) is 1.89. The van der Waals surface area contributed by atoms with E-state index in [0.29, 0.717) is 23.8 Å². The Balaban J connectivity index is 2.39. The van der Waals surface area contributed by atoms with Crippen LogP contribution in [0.4, 0.5) is 0 Å². The molecule has 18 heavy (non-hydrogen) atoms. The van der Waals surface area contributed by atoms with Crippen LogP contribution in [0.1, 0.15) is 55.6 Å². The zero-order valence-electron chi connectivity index (χ0n) is 11.4. The highest BCUT2D eigenvalue weighted by Crippen LogP contribution is 2.12. The fraction of sp³-hybridized carbons (Fsp3) is 0.643. The standard InChI is InChI=1S/C14H24N2O2/c1-3-5-6-11(4-2)9-16-14(17)12-7-13(8-15)18-10-12/h7,10-11H,3-6,8-9,15H2,1-2H3,(H,16,17). The molecule has 1 unspecified atom stereocenters. The van der Waals surface area contributed by atoms with Crippen molar-refractivity contribution in [2.24, 2.45) is 11.7 Å². The number of furan rings is 1. The van der Waals surface area contributed by atoms with Crippen molar-refractivity contribution in [3.63, 3.8) is 0 Å². The zero-order chi connectivity index (χ0) is 13.4. The maximum atomic E-state index is 11.9. The van der Waals surface area contributed by atoms with Crippen molar-refractivity contribution >= 4 is 5.91 Å². The van der Waals surface area contributed by atoms with Crippen LogP contribution in [-0.2, 0) is 6.54 Å². The predicted octanol–water partition coefficient (Wildman–Crippen LogP) is 2.68. The maximum Gasteiger partial charge on any atom is 0.254 e. The van der Waals surface area contributed by atoms with Gasteiger partial charge >= 0.3 is 0 Å². The molecule has 102 valence electrons. The summed E-state index contributed by atoms with van der Waals surface area (Å²) in [6.45, 7) is 5.40. The molecule has 1 atom stereocenters. The minimum Gasteiger partial charge on any atom is -0.467 e. The van der Waals surface area contributed by atoms with Gasteiger partial charge in [0, 0.05) is 6.54 Å². The van der Waals surface area contributed by atoms with Gasteiger partial charge in [-0.15, -0.1) is 0 Å². The van der Waals surface area contributed by atoms with Crippen LogP contribution >= 0.6 is 0 Å². The van der Waals surface area contributed by atoms with Crippen molar-refractivity contribution in [1.82, 2.24) is 5.32 Å². The Morgan fingerprint density at radius 2 is 2.28 bits per heavy atom. The van der Waals surface area contributed by atoms with Crippen LogP contribution in [0.5, 0.6) is 0 Å². The molecule has 0 spiro atoms. The third-order valence-corrected chi connectivity index (χ3v) is 3.21. The zero-order valence-corrected chi connectivity index (χ0v) is 11.4. The molecule has 0 bridgehead atoms. The van der Waals surface area contributed by atoms with Crippen molar-refractivity contribution in [3.8, 4) is 0 Å². The summed E-state index contributed by atoms with van der Waals surface area (Å²) in [5, 5.41) is 2.96. The summed E-state index contributed by atoms with van der Waals surface area (Å²) in [4.78, 5) is 11.9. The molecule has 1 rings (SSSR count). The second-order valence-electron chi connectivity index (χ2n) is 4.63. The molecule has 4 nitrogen and oxygen atoms in total. The van der Waals surface area contributed by atoms with Crippen molar-refractivity contribution in [1.29, 1.82) is 0 Å². The number of carbonyl (C=O) groups excluding carboxylic acids is 1. The first kappa shape index (κ1) is 14.8. The third kappa shape index (κ3) is 4.53. The van der Waals surface area contributed by atoms with Crippen LogP contribution < -0.4 is 11.1 Å². The molecule has 3 N–H and O–H groups in total. The Kier molecular flexibility index (Phi) is 6.50. The minimum absolute atomic E-state index is 0.0756. The summed E-state index contributed by atoms with van der Waals surface area (Å²) in [7, 11) is 0. The first-order valence-electron chi connectivity index (χ1n) is 6.76. The van der Waals surface area contributed by atoms with Crippen LogP contribution in [-0.4, -0.2) is 12.5 Å². The molecule has 0 radical (unpaired) electrons. The molecule has 1 aromatic heterocycles. The van der Waals surface area contributed by atoms with Gasteiger partial charge in [0.15, 0.2) is 0 Å². The van der Waals surface area contributed by atoms with Gasteiger partial charge in [0.25, 0.3) is 5.91 Å². The van der Waals surface area contributed by atoms with Gasteiger partial charge in [0.1, 0.15) is 12.0 Å². The second kappa shape index (κ2) is 7.93. The minimum atomic E-state index is -0.0756. The Labute approximate surface area is 109 Å². The van der Waals surface area contributed by atoms with E-state index in [9.17, 15) is 4.79 Å². The lowest BCUT2D eigenvalue weighted by molar-refractivity contribution is 0.0945. The molecular weight excluding hydrogens is 228 g/mol. The summed E-state index contributed by atoms with van der Waals surface area (Å²) < 4.78 is 5.15. The van der Waals surface area contributed by atoms with E-state index in [1.54, 1.807) is 6.07 Å². The monoisotopic (exact) mass is 252 g/mol. The van der Waals surface area contributed by atoms with E-state index in [1.807, 2.05) is 0 Å². The number of carbonyl (C=O) groups is 1. The quantitative estimate of drug-likeness (QED) is 0.747. The summed E-state index contributed by atoms with van der Waals surface area (Å²) >= 11 is 0. The van der Waals surface area contributed by atoms with Gasteiger partial charge in [0.2, 0.25) is 0 Å². The lowest BCUT2D eigenvalue weighted by Crippen LogP contribution is -2.28. The number of hydrogen-bond donors (Lipinski definition) is 2. The van der Waals surface area contributed by atoms with Gasteiger partial charge in [-0.3, -0.25) is 4.79 Å². The molecule has 0 saturated heterocycles. The van der Waals surface area contributed by atoms with E-state index in [-0.39, 0.29) is 5.91 Å². The molecule has 0 fully saturated rings. The lowest BCUT2D eigenvalue weighted by atomic mass is 9.99. The van der Waals surface area contributed by atoms with Crippen molar-refractivity contribution in [2.75, 3.05) is 6.54 Å². The molecule has 1 amide bonds. The number of nitrogens with two attached hydrogens (primary N) is 1.